The Labute approximate surface area is 106 Å². The molecule has 1 rings (SSSR count). The maximum absolute atomic E-state index is 12.2. The number of carbonyl (C=O) groups is 1. The standard InChI is InChI=1S/C12H14ClN3O/c1-9(2)16(7-3-5-14)12(17)10-8-15-6-4-11(10)13/h4,6,8-9H,3,7H2,1-2H3. The molecule has 0 aromatic carbocycles. The molecule has 0 N–H and O–H groups in total. The quantitative estimate of drug-likeness (QED) is 0.826. The lowest BCUT2D eigenvalue weighted by molar-refractivity contribution is 0.0710. The summed E-state index contributed by atoms with van der Waals surface area (Å²) in [6, 6.07) is 3.63. The van der Waals surface area contributed by atoms with Crippen LogP contribution in [-0.4, -0.2) is 28.4 Å². The topological polar surface area (TPSA) is 57.0 Å². The summed E-state index contributed by atoms with van der Waals surface area (Å²) in [5.74, 6) is -0.187. The Morgan fingerprint density at radius 1 is 1.65 bits per heavy atom. The Kier molecular flexibility index (Phi) is 4.92. The van der Waals surface area contributed by atoms with E-state index in [4.69, 9.17) is 16.9 Å². The van der Waals surface area contributed by atoms with Crippen LogP contribution in [0.15, 0.2) is 18.5 Å². The van der Waals surface area contributed by atoms with Gasteiger partial charge in [-0.1, -0.05) is 11.6 Å². The number of pyridine rings is 1. The molecule has 0 aliphatic carbocycles. The number of amides is 1. The first-order valence-corrected chi connectivity index (χ1v) is 5.73. The monoisotopic (exact) mass is 251 g/mol. The van der Waals surface area contributed by atoms with E-state index in [2.05, 4.69) is 4.98 Å². The molecular formula is C12H14ClN3O. The summed E-state index contributed by atoms with van der Waals surface area (Å²) in [6.07, 6.45) is 3.29. The highest BCUT2D eigenvalue weighted by Crippen LogP contribution is 2.17. The fourth-order valence-electron chi connectivity index (χ4n) is 1.45. The molecule has 0 saturated carbocycles. The second kappa shape index (κ2) is 6.21. The molecule has 0 aliphatic heterocycles. The predicted octanol–water partition coefficient (Wildman–Crippen LogP) is 2.50. The average molecular weight is 252 g/mol. The SMILES string of the molecule is CC(C)N(CCC#N)C(=O)c1cnccc1Cl. The Hall–Kier alpha value is -1.60. The molecule has 4 nitrogen and oxygen atoms in total. The highest BCUT2D eigenvalue weighted by molar-refractivity contribution is 6.33. The van der Waals surface area contributed by atoms with E-state index in [0.29, 0.717) is 23.6 Å². The number of carbonyl (C=O) groups excluding carboxylic acids is 1. The van der Waals surface area contributed by atoms with Crippen LogP contribution in [0, 0.1) is 11.3 Å². The van der Waals surface area contributed by atoms with Crippen molar-refractivity contribution in [2.24, 2.45) is 0 Å². The van der Waals surface area contributed by atoms with E-state index in [0.717, 1.165) is 0 Å². The summed E-state index contributed by atoms with van der Waals surface area (Å²) in [6.45, 7) is 4.21. The van der Waals surface area contributed by atoms with Crippen LogP contribution in [0.3, 0.4) is 0 Å². The van der Waals surface area contributed by atoms with E-state index < -0.39 is 0 Å². The van der Waals surface area contributed by atoms with Crippen LogP contribution in [0.1, 0.15) is 30.6 Å². The molecule has 90 valence electrons. The second-order valence-corrected chi connectivity index (χ2v) is 4.26. The van der Waals surface area contributed by atoms with Gasteiger partial charge < -0.3 is 4.90 Å². The lowest BCUT2D eigenvalue weighted by atomic mass is 10.2. The summed E-state index contributed by atoms with van der Waals surface area (Å²) in [7, 11) is 0. The fraction of sp³-hybridized carbons (Fsp3) is 0.417. The van der Waals surface area contributed by atoms with Gasteiger partial charge in [-0.15, -0.1) is 0 Å². The zero-order chi connectivity index (χ0) is 12.8. The van der Waals surface area contributed by atoms with E-state index >= 15 is 0 Å². The summed E-state index contributed by atoms with van der Waals surface area (Å²) in [4.78, 5) is 17.7. The summed E-state index contributed by atoms with van der Waals surface area (Å²) in [5, 5.41) is 8.96. The van der Waals surface area contributed by atoms with Crippen LogP contribution < -0.4 is 0 Å². The summed E-state index contributed by atoms with van der Waals surface area (Å²) < 4.78 is 0. The molecule has 0 atom stereocenters. The minimum absolute atomic E-state index is 0.0205. The third-order valence-electron chi connectivity index (χ3n) is 2.35. The van der Waals surface area contributed by atoms with E-state index in [1.807, 2.05) is 19.9 Å². The molecule has 17 heavy (non-hydrogen) atoms. The first kappa shape index (κ1) is 13.5. The molecule has 0 bridgehead atoms. The highest BCUT2D eigenvalue weighted by atomic mass is 35.5. The van der Waals surface area contributed by atoms with Crippen LogP contribution in [0.5, 0.6) is 0 Å². The molecule has 1 aromatic rings. The van der Waals surface area contributed by atoms with Crippen molar-refractivity contribution in [2.45, 2.75) is 26.3 Å². The Morgan fingerprint density at radius 2 is 2.35 bits per heavy atom. The molecule has 0 radical (unpaired) electrons. The maximum Gasteiger partial charge on any atom is 0.257 e. The third-order valence-corrected chi connectivity index (χ3v) is 2.68. The molecule has 0 fully saturated rings. The third kappa shape index (κ3) is 3.43. The van der Waals surface area contributed by atoms with Gasteiger partial charge in [0.2, 0.25) is 0 Å². The largest absolute Gasteiger partial charge is 0.335 e. The number of halogens is 1. The number of nitriles is 1. The normalized spacial score (nSPS) is 10.1. The fourth-order valence-corrected chi connectivity index (χ4v) is 1.64. The predicted molar refractivity (Wildman–Crippen MR) is 65.6 cm³/mol. The molecule has 0 aliphatic rings. The van der Waals surface area contributed by atoms with Gasteiger partial charge in [-0.05, 0) is 19.9 Å². The molecule has 0 spiro atoms. The number of nitrogens with zero attached hydrogens (tertiary/aromatic N) is 3. The van der Waals surface area contributed by atoms with Crippen molar-refractivity contribution in [1.29, 1.82) is 5.26 Å². The van der Waals surface area contributed by atoms with Gasteiger partial charge in [0.1, 0.15) is 0 Å². The van der Waals surface area contributed by atoms with Crippen molar-refractivity contribution in [3.63, 3.8) is 0 Å². The zero-order valence-electron chi connectivity index (χ0n) is 9.85. The van der Waals surface area contributed by atoms with Crippen molar-refractivity contribution in [3.05, 3.63) is 29.0 Å². The number of aromatic nitrogens is 1. The lowest BCUT2D eigenvalue weighted by Crippen LogP contribution is -2.37. The number of hydrogen-bond donors (Lipinski definition) is 0. The van der Waals surface area contributed by atoms with Crippen LogP contribution >= 0.6 is 11.6 Å². The van der Waals surface area contributed by atoms with E-state index in [-0.39, 0.29) is 11.9 Å². The van der Waals surface area contributed by atoms with Gasteiger partial charge >= 0.3 is 0 Å². The molecule has 1 aromatic heterocycles. The lowest BCUT2D eigenvalue weighted by Gasteiger charge is -2.26. The molecule has 1 heterocycles. The molecule has 5 heteroatoms. The van der Waals surface area contributed by atoms with Gasteiger partial charge in [-0.2, -0.15) is 5.26 Å². The van der Waals surface area contributed by atoms with Crippen LogP contribution in [0.25, 0.3) is 0 Å². The smallest absolute Gasteiger partial charge is 0.257 e. The first-order valence-electron chi connectivity index (χ1n) is 5.35. The zero-order valence-corrected chi connectivity index (χ0v) is 10.6. The van der Waals surface area contributed by atoms with Crippen molar-refractivity contribution in [3.8, 4) is 6.07 Å². The number of hydrogen-bond acceptors (Lipinski definition) is 3. The molecule has 1 amide bonds. The Balaban J connectivity index is 2.93. The Bertz CT molecular complexity index is 440. The van der Waals surface area contributed by atoms with Crippen molar-refractivity contribution in [1.82, 2.24) is 9.88 Å². The number of rotatable bonds is 4. The van der Waals surface area contributed by atoms with E-state index in [1.165, 1.54) is 12.4 Å². The van der Waals surface area contributed by atoms with Gasteiger partial charge in [0, 0.05) is 25.0 Å². The molecular weight excluding hydrogens is 238 g/mol. The van der Waals surface area contributed by atoms with Crippen LogP contribution in [0.4, 0.5) is 0 Å². The van der Waals surface area contributed by atoms with Gasteiger partial charge in [0.05, 0.1) is 23.1 Å². The van der Waals surface area contributed by atoms with E-state index in [9.17, 15) is 4.79 Å². The van der Waals surface area contributed by atoms with E-state index in [1.54, 1.807) is 11.0 Å². The Morgan fingerprint density at radius 3 is 2.88 bits per heavy atom. The average Bonchev–Trinajstić information content (AvgIpc) is 2.29. The maximum atomic E-state index is 12.2. The van der Waals surface area contributed by atoms with Crippen molar-refractivity contribution < 1.29 is 4.79 Å². The van der Waals surface area contributed by atoms with Crippen molar-refractivity contribution >= 4 is 17.5 Å². The minimum Gasteiger partial charge on any atom is -0.335 e. The van der Waals surface area contributed by atoms with Gasteiger partial charge in [-0.25, -0.2) is 0 Å². The van der Waals surface area contributed by atoms with Crippen LogP contribution in [-0.2, 0) is 0 Å². The van der Waals surface area contributed by atoms with Gasteiger partial charge in [-0.3, -0.25) is 9.78 Å². The minimum atomic E-state index is -0.187. The molecule has 0 unspecified atom stereocenters. The summed E-state index contributed by atoms with van der Waals surface area (Å²) >= 11 is 5.95. The van der Waals surface area contributed by atoms with Crippen molar-refractivity contribution in [2.75, 3.05) is 6.54 Å². The second-order valence-electron chi connectivity index (χ2n) is 3.86. The summed E-state index contributed by atoms with van der Waals surface area (Å²) in [5.41, 5.74) is 0.376. The van der Waals surface area contributed by atoms with Gasteiger partial charge in [0.25, 0.3) is 5.91 Å². The van der Waals surface area contributed by atoms with Crippen LogP contribution in [0.2, 0.25) is 5.02 Å². The highest BCUT2D eigenvalue weighted by Gasteiger charge is 2.20. The first-order chi connectivity index (χ1) is 8.07. The molecule has 0 saturated heterocycles. The van der Waals surface area contributed by atoms with Gasteiger partial charge in [0.15, 0.2) is 0 Å².